The van der Waals surface area contributed by atoms with E-state index in [1.807, 2.05) is 0 Å². The fraction of sp³-hybridized carbons (Fsp3) is 0.238. The number of nitro groups is 1. The molecule has 0 spiro atoms. The highest BCUT2D eigenvalue weighted by Gasteiger charge is 2.35. The van der Waals surface area contributed by atoms with Crippen LogP contribution in [0.5, 0.6) is 17.4 Å². The number of hydrogen-bond donors (Lipinski definition) is 0. The molecule has 11 nitrogen and oxygen atoms in total. The van der Waals surface area contributed by atoms with Crippen LogP contribution < -0.4 is 20.7 Å². The lowest BCUT2D eigenvalue weighted by Crippen LogP contribution is -2.41. The third-order valence-corrected chi connectivity index (χ3v) is 4.73. The molecule has 0 atom stereocenters. The smallest absolute Gasteiger partial charge is 0.431 e. The Morgan fingerprint density at radius 3 is 2.50 bits per heavy atom. The van der Waals surface area contributed by atoms with Gasteiger partial charge < -0.3 is 9.47 Å². The average Bonchev–Trinajstić information content (AvgIpc) is 2.78. The van der Waals surface area contributed by atoms with Gasteiger partial charge in [-0.3, -0.25) is 24.3 Å². The molecular formula is C21H16F4N4O7. The summed E-state index contributed by atoms with van der Waals surface area (Å²) in [7, 11) is 0.724. The number of benzene rings is 1. The molecule has 0 bridgehead atoms. The summed E-state index contributed by atoms with van der Waals surface area (Å²) in [6, 6.07) is 3.72. The van der Waals surface area contributed by atoms with Gasteiger partial charge in [0.25, 0.3) is 11.4 Å². The van der Waals surface area contributed by atoms with Crippen molar-refractivity contribution in [2.45, 2.75) is 19.5 Å². The lowest BCUT2D eigenvalue weighted by Gasteiger charge is -2.15. The van der Waals surface area contributed by atoms with Gasteiger partial charge >= 0.3 is 17.6 Å². The van der Waals surface area contributed by atoms with Crippen LogP contribution in [0.25, 0.3) is 5.69 Å². The van der Waals surface area contributed by atoms with Crippen LogP contribution >= 0.6 is 0 Å². The molecule has 1 aromatic carbocycles. The zero-order valence-corrected chi connectivity index (χ0v) is 18.5. The Balaban J connectivity index is 2.15. The van der Waals surface area contributed by atoms with Crippen LogP contribution in [0.1, 0.15) is 19.0 Å². The Bertz CT molecular complexity index is 1460. The minimum atomic E-state index is -5.05. The highest BCUT2D eigenvalue weighted by atomic mass is 19.4. The summed E-state index contributed by atoms with van der Waals surface area (Å²) in [5.41, 5.74) is -6.47. The molecule has 3 rings (SSSR count). The van der Waals surface area contributed by atoms with Gasteiger partial charge in [0.15, 0.2) is 11.6 Å². The number of halogens is 4. The summed E-state index contributed by atoms with van der Waals surface area (Å²) < 4.78 is 65.2. The number of hydrogen-bond acceptors (Lipinski definition) is 8. The van der Waals surface area contributed by atoms with Gasteiger partial charge in [0.1, 0.15) is 11.5 Å². The maximum atomic E-state index is 14.8. The van der Waals surface area contributed by atoms with Crippen LogP contribution in [-0.4, -0.2) is 31.4 Å². The van der Waals surface area contributed by atoms with E-state index >= 15 is 0 Å². The number of carbonyl (C=O) groups is 1. The quantitative estimate of drug-likeness (QED) is 0.255. The second-order valence-electron chi connectivity index (χ2n) is 7.28. The van der Waals surface area contributed by atoms with Gasteiger partial charge in [0.2, 0.25) is 5.75 Å². The van der Waals surface area contributed by atoms with Crippen molar-refractivity contribution in [2.75, 3.05) is 6.61 Å². The highest BCUT2D eigenvalue weighted by molar-refractivity contribution is 5.75. The molecular weight excluding hydrogens is 496 g/mol. The van der Waals surface area contributed by atoms with E-state index in [1.54, 1.807) is 0 Å². The fourth-order valence-corrected chi connectivity index (χ4v) is 3.02. The Hall–Kier alpha value is -4.56. The topological polar surface area (TPSA) is 136 Å². The highest BCUT2D eigenvalue weighted by Crippen LogP contribution is 2.37. The third kappa shape index (κ3) is 5.39. The van der Waals surface area contributed by atoms with E-state index in [1.165, 1.54) is 25.3 Å². The van der Waals surface area contributed by atoms with E-state index in [4.69, 9.17) is 9.47 Å². The van der Waals surface area contributed by atoms with Crippen molar-refractivity contribution in [2.24, 2.45) is 7.05 Å². The molecule has 36 heavy (non-hydrogen) atoms. The maximum Gasteiger partial charge on any atom is 0.431 e. The lowest BCUT2D eigenvalue weighted by atomic mass is 10.2. The number of pyridine rings is 1. The monoisotopic (exact) mass is 512 g/mol. The number of ether oxygens (including phenoxy) is 2. The molecule has 15 heteroatoms. The van der Waals surface area contributed by atoms with Crippen LogP contribution in [-0.2, 0) is 18.0 Å². The first kappa shape index (κ1) is 26.1. The molecule has 0 N–H and O–H groups in total. The molecule has 190 valence electrons. The normalized spacial score (nSPS) is 11.3. The fourth-order valence-electron chi connectivity index (χ4n) is 3.02. The average molecular weight is 512 g/mol. The summed E-state index contributed by atoms with van der Waals surface area (Å²) in [6.45, 7) is 1.23. The Morgan fingerprint density at radius 2 is 1.89 bits per heavy atom. The SMILES string of the molecule is CC(=O)CCOc1ncccc1Oc1cc(-n2c(=O)cc(C(F)(F)F)n(C)c2=O)c(F)cc1[N+](=O)[O-]. The largest absolute Gasteiger partial charge is 0.475 e. The standard InChI is InChI=1S/C21H16F4N4O7/c1-11(30)5-7-35-19-15(4-3-6-26-19)36-16-9-13(12(22)8-14(16)29(33)34)28-18(31)10-17(21(23,24)25)27(2)20(28)32/h3-4,6,8-10H,5,7H2,1-2H3. The van der Waals surface area contributed by atoms with Crippen molar-refractivity contribution in [1.29, 1.82) is 0 Å². The zero-order chi connectivity index (χ0) is 26.8. The molecule has 0 fully saturated rings. The molecule has 2 heterocycles. The number of rotatable bonds is 8. The molecule has 0 unspecified atom stereocenters. The van der Waals surface area contributed by atoms with Crippen LogP contribution in [0, 0.1) is 15.9 Å². The molecule has 2 aromatic heterocycles. The number of nitrogens with zero attached hydrogens (tertiary/aromatic N) is 4. The molecule has 0 saturated carbocycles. The van der Waals surface area contributed by atoms with E-state index in [-0.39, 0.29) is 45.6 Å². The van der Waals surface area contributed by atoms with E-state index in [2.05, 4.69) is 4.98 Å². The van der Waals surface area contributed by atoms with E-state index < -0.39 is 51.0 Å². The van der Waals surface area contributed by atoms with Gasteiger partial charge in [0, 0.05) is 31.8 Å². The van der Waals surface area contributed by atoms with Crippen LogP contribution in [0.15, 0.2) is 46.1 Å². The predicted molar refractivity (Wildman–Crippen MR) is 114 cm³/mol. The van der Waals surface area contributed by atoms with Crippen molar-refractivity contribution in [1.82, 2.24) is 14.1 Å². The first-order chi connectivity index (χ1) is 16.8. The number of nitro benzene ring substituents is 1. The van der Waals surface area contributed by atoms with Crippen LogP contribution in [0.2, 0.25) is 0 Å². The molecule has 0 aliphatic rings. The van der Waals surface area contributed by atoms with Crippen LogP contribution in [0.3, 0.4) is 0 Å². The van der Waals surface area contributed by atoms with Crippen molar-refractivity contribution in [3.8, 4) is 23.1 Å². The Morgan fingerprint density at radius 1 is 1.19 bits per heavy atom. The summed E-state index contributed by atoms with van der Waals surface area (Å²) in [6.07, 6.45) is -3.73. The summed E-state index contributed by atoms with van der Waals surface area (Å²) in [5, 5.41) is 11.5. The van der Waals surface area contributed by atoms with Gasteiger partial charge in [-0.25, -0.2) is 18.7 Å². The number of alkyl halides is 3. The van der Waals surface area contributed by atoms with Crippen molar-refractivity contribution >= 4 is 11.5 Å². The van der Waals surface area contributed by atoms with Gasteiger partial charge in [0.05, 0.1) is 23.3 Å². The van der Waals surface area contributed by atoms with Crippen LogP contribution in [0.4, 0.5) is 23.2 Å². The minimum Gasteiger partial charge on any atom is -0.475 e. The lowest BCUT2D eigenvalue weighted by molar-refractivity contribution is -0.385. The van der Waals surface area contributed by atoms with E-state index in [0.29, 0.717) is 12.1 Å². The molecule has 0 amide bonds. The number of aromatic nitrogens is 3. The molecule has 0 aliphatic carbocycles. The minimum absolute atomic E-state index is 0.0248. The van der Waals surface area contributed by atoms with Gasteiger partial charge in [-0.05, 0) is 19.1 Å². The molecule has 0 saturated heterocycles. The van der Waals surface area contributed by atoms with Crippen molar-refractivity contribution in [3.05, 3.63) is 79.0 Å². The van der Waals surface area contributed by atoms with E-state index in [9.17, 15) is 42.1 Å². The summed E-state index contributed by atoms with van der Waals surface area (Å²) >= 11 is 0. The number of ketones is 1. The molecule has 0 aliphatic heterocycles. The van der Waals surface area contributed by atoms with Gasteiger partial charge in [-0.1, -0.05) is 0 Å². The second-order valence-corrected chi connectivity index (χ2v) is 7.28. The molecule has 0 radical (unpaired) electrons. The first-order valence-electron chi connectivity index (χ1n) is 9.95. The Kier molecular flexibility index (Phi) is 7.22. The van der Waals surface area contributed by atoms with Gasteiger partial charge in [-0.15, -0.1) is 0 Å². The molecule has 3 aromatic rings. The van der Waals surface area contributed by atoms with Crippen molar-refractivity contribution < 1.29 is 36.8 Å². The predicted octanol–water partition coefficient (Wildman–Crippen LogP) is 3.15. The zero-order valence-electron chi connectivity index (χ0n) is 18.5. The second kappa shape index (κ2) is 9.97. The number of Topliss-reactive ketones (excluding diaryl/α,β-unsaturated/α-hetero) is 1. The third-order valence-electron chi connectivity index (χ3n) is 4.73. The first-order valence-corrected chi connectivity index (χ1v) is 9.95. The van der Waals surface area contributed by atoms with Gasteiger partial charge in [-0.2, -0.15) is 13.2 Å². The van der Waals surface area contributed by atoms with Crippen molar-refractivity contribution in [3.63, 3.8) is 0 Å². The summed E-state index contributed by atoms with van der Waals surface area (Å²) in [5.74, 6) is -2.68. The summed E-state index contributed by atoms with van der Waals surface area (Å²) in [4.78, 5) is 50.5. The maximum absolute atomic E-state index is 14.8. The number of carbonyl (C=O) groups excluding carboxylic acids is 1. The van der Waals surface area contributed by atoms with E-state index in [0.717, 1.165) is 7.05 Å². The Labute approximate surface area is 198 Å².